The number of aryl methyl sites for hydroxylation is 1. The summed E-state index contributed by atoms with van der Waals surface area (Å²) in [6.07, 6.45) is 0.699. The van der Waals surface area contributed by atoms with E-state index in [4.69, 9.17) is 4.52 Å². The van der Waals surface area contributed by atoms with Crippen molar-refractivity contribution in [3.05, 3.63) is 30.1 Å². The molecule has 2 N–H and O–H groups in total. The number of para-hydroxylation sites is 1. The van der Waals surface area contributed by atoms with Crippen LogP contribution in [-0.4, -0.2) is 48.3 Å². The van der Waals surface area contributed by atoms with Gasteiger partial charge in [-0.05, 0) is 26.2 Å². The first-order valence-electron chi connectivity index (χ1n) is 7.21. The summed E-state index contributed by atoms with van der Waals surface area (Å²) in [5, 5.41) is 9.49. The fraction of sp³-hybridized carbons (Fsp3) is 0.400. The Kier molecular flexibility index (Phi) is 5.48. The summed E-state index contributed by atoms with van der Waals surface area (Å²) >= 11 is 0. The molecule has 22 heavy (non-hydrogen) atoms. The Hall–Kier alpha value is -2.41. The lowest BCUT2D eigenvalue weighted by Gasteiger charge is -2.12. The number of benzene rings is 1. The minimum atomic E-state index is -0.260. The molecule has 0 aliphatic heterocycles. The van der Waals surface area contributed by atoms with Crippen molar-refractivity contribution in [3.63, 3.8) is 0 Å². The maximum atomic E-state index is 11.9. The van der Waals surface area contributed by atoms with Gasteiger partial charge in [-0.3, -0.25) is 0 Å². The minimum Gasteiger partial charge on any atom is -0.337 e. The number of rotatable bonds is 6. The van der Waals surface area contributed by atoms with Crippen molar-refractivity contribution in [1.29, 1.82) is 0 Å². The summed E-state index contributed by atoms with van der Waals surface area (Å²) in [5.41, 5.74) is 1.34. The summed E-state index contributed by atoms with van der Waals surface area (Å²) in [6.45, 7) is 3.30. The minimum absolute atomic E-state index is 0.260. The highest BCUT2D eigenvalue weighted by atomic mass is 16.5. The number of amides is 2. The van der Waals surface area contributed by atoms with Gasteiger partial charge in [0.25, 0.3) is 5.89 Å². The topological polar surface area (TPSA) is 83.3 Å². The quantitative estimate of drug-likeness (QED) is 0.852. The van der Waals surface area contributed by atoms with E-state index in [-0.39, 0.29) is 6.03 Å². The molecule has 7 nitrogen and oxygen atoms in total. The van der Waals surface area contributed by atoms with Crippen LogP contribution in [0, 0.1) is 0 Å². The molecular formula is C15H21N5O2. The molecule has 0 aliphatic carbocycles. The standard InChI is InChI=1S/C15H21N5O2/c1-4-13-18-14(22-19-13)11-7-5-6-8-12(11)17-15(21)16-9-10-20(2)3/h5-8H,4,9-10H2,1-3H3,(H2,16,17,21). The van der Waals surface area contributed by atoms with E-state index < -0.39 is 0 Å². The Morgan fingerprint density at radius 2 is 2.09 bits per heavy atom. The number of hydrogen-bond donors (Lipinski definition) is 2. The fourth-order valence-electron chi connectivity index (χ4n) is 1.85. The maximum Gasteiger partial charge on any atom is 0.319 e. The third-order valence-corrected chi connectivity index (χ3v) is 3.03. The average Bonchev–Trinajstić information content (AvgIpc) is 2.96. The van der Waals surface area contributed by atoms with Crippen LogP contribution in [0.5, 0.6) is 0 Å². The number of aromatic nitrogens is 2. The summed E-state index contributed by atoms with van der Waals surface area (Å²) in [4.78, 5) is 18.2. The SMILES string of the molecule is CCc1noc(-c2ccccc2NC(=O)NCCN(C)C)n1. The van der Waals surface area contributed by atoms with Crippen molar-refractivity contribution in [2.45, 2.75) is 13.3 Å². The third kappa shape index (κ3) is 4.29. The van der Waals surface area contributed by atoms with Crippen molar-refractivity contribution < 1.29 is 9.32 Å². The lowest BCUT2D eigenvalue weighted by molar-refractivity contribution is 0.250. The monoisotopic (exact) mass is 303 g/mol. The molecule has 0 bridgehead atoms. The molecule has 7 heteroatoms. The van der Waals surface area contributed by atoms with Crippen molar-refractivity contribution >= 4 is 11.7 Å². The van der Waals surface area contributed by atoms with Gasteiger partial charge in [-0.25, -0.2) is 4.79 Å². The van der Waals surface area contributed by atoms with Crippen LogP contribution in [0.15, 0.2) is 28.8 Å². The molecule has 2 amide bonds. The molecule has 0 radical (unpaired) electrons. The summed E-state index contributed by atoms with van der Waals surface area (Å²) in [7, 11) is 3.91. The van der Waals surface area contributed by atoms with Gasteiger partial charge < -0.3 is 20.1 Å². The van der Waals surface area contributed by atoms with Gasteiger partial charge in [0.1, 0.15) is 0 Å². The molecule has 1 aromatic heterocycles. The molecule has 0 saturated heterocycles. The number of nitrogens with zero attached hydrogens (tertiary/aromatic N) is 3. The predicted molar refractivity (Wildman–Crippen MR) is 84.7 cm³/mol. The van der Waals surface area contributed by atoms with E-state index in [0.29, 0.717) is 35.9 Å². The lowest BCUT2D eigenvalue weighted by Crippen LogP contribution is -2.34. The van der Waals surface area contributed by atoms with E-state index in [1.807, 2.05) is 44.1 Å². The normalized spacial score (nSPS) is 10.7. The zero-order valence-corrected chi connectivity index (χ0v) is 13.1. The van der Waals surface area contributed by atoms with E-state index >= 15 is 0 Å². The zero-order valence-electron chi connectivity index (χ0n) is 13.1. The van der Waals surface area contributed by atoms with Crippen LogP contribution in [0.25, 0.3) is 11.5 Å². The first kappa shape index (κ1) is 16.0. The van der Waals surface area contributed by atoms with Gasteiger partial charge in [-0.15, -0.1) is 0 Å². The highest BCUT2D eigenvalue weighted by molar-refractivity contribution is 5.93. The van der Waals surface area contributed by atoms with E-state index in [2.05, 4.69) is 20.8 Å². The molecule has 1 heterocycles. The van der Waals surface area contributed by atoms with Crippen LogP contribution >= 0.6 is 0 Å². The van der Waals surface area contributed by atoms with E-state index in [0.717, 1.165) is 6.54 Å². The van der Waals surface area contributed by atoms with Crippen molar-refractivity contribution in [3.8, 4) is 11.5 Å². The molecule has 0 spiro atoms. The van der Waals surface area contributed by atoms with Crippen molar-refractivity contribution in [1.82, 2.24) is 20.4 Å². The van der Waals surface area contributed by atoms with Gasteiger partial charge in [-0.2, -0.15) is 4.98 Å². The number of likely N-dealkylation sites (N-methyl/N-ethyl adjacent to an activating group) is 1. The maximum absolute atomic E-state index is 11.9. The zero-order chi connectivity index (χ0) is 15.9. The van der Waals surface area contributed by atoms with Crippen LogP contribution < -0.4 is 10.6 Å². The number of hydrogen-bond acceptors (Lipinski definition) is 5. The van der Waals surface area contributed by atoms with Crippen LogP contribution in [0.3, 0.4) is 0 Å². The number of urea groups is 1. The van der Waals surface area contributed by atoms with Gasteiger partial charge in [0.05, 0.1) is 11.3 Å². The second kappa shape index (κ2) is 7.56. The van der Waals surface area contributed by atoms with E-state index in [1.165, 1.54) is 0 Å². The molecule has 2 rings (SSSR count). The van der Waals surface area contributed by atoms with Gasteiger partial charge in [-0.1, -0.05) is 24.2 Å². The Morgan fingerprint density at radius 1 is 1.32 bits per heavy atom. The van der Waals surface area contributed by atoms with Crippen molar-refractivity contribution in [2.75, 3.05) is 32.5 Å². The number of carbonyl (C=O) groups is 1. The fourth-order valence-corrected chi connectivity index (χ4v) is 1.85. The second-order valence-corrected chi connectivity index (χ2v) is 5.10. The molecule has 0 atom stereocenters. The average molecular weight is 303 g/mol. The van der Waals surface area contributed by atoms with E-state index in [9.17, 15) is 4.79 Å². The van der Waals surface area contributed by atoms with Crippen LogP contribution in [0.1, 0.15) is 12.7 Å². The molecule has 2 aromatic rings. The third-order valence-electron chi connectivity index (χ3n) is 3.03. The Labute approximate surface area is 129 Å². The molecular weight excluding hydrogens is 282 g/mol. The van der Waals surface area contributed by atoms with Gasteiger partial charge in [0, 0.05) is 19.5 Å². The molecule has 0 saturated carbocycles. The van der Waals surface area contributed by atoms with Gasteiger partial charge in [0.2, 0.25) is 0 Å². The Morgan fingerprint density at radius 3 is 2.77 bits per heavy atom. The second-order valence-electron chi connectivity index (χ2n) is 5.10. The van der Waals surface area contributed by atoms with Crippen LogP contribution in [0.4, 0.5) is 10.5 Å². The van der Waals surface area contributed by atoms with Gasteiger partial charge in [0.15, 0.2) is 5.82 Å². The summed E-state index contributed by atoms with van der Waals surface area (Å²) < 4.78 is 5.24. The Bertz CT molecular complexity index is 624. The molecule has 0 fully saturated rings. The highest BCUT2D eigenvalue weighted by Gasteiger charge is 2.13. The molecule has 0 aliphatic rings. The predicted octanol–water partition coefficient (Wildman–Crippen LogP) is 1.98. The smallest absolute Gasteiger partial charge is 0.319 e. The number of carbonyl (C=O) groups excluding carboxylic acids is 1. The summed E-state index contributed by atoms with van der Waals surface area (Å²) in [5.74, 6) is 1.04. The lowest BCUT2D eigenvalue weighted by atomic mass is 10.2. The van der Waals surface area contributed by atoms with E-state index in [1.54, 1.807) is 6.07 Å². The molecule has 118 valence electrons. The van der Waals surface area contributed by atoms with Crippen LogP contribution in [-0.2, 0) is 6.42 Å². The first-order chi connectivity index (χ1) is 10.6. The number of nitrogens with one attached hydrogen (secondary N) is 2. The summed E-state index contributed by atoms with van der Waals surface area (Å²) in [6, 6.07) is 7.08. The number of anilines is 1. The highest BCUT2D eigenvalue weighted by Crippen LogP contribution is 2.26. The molecule has 0 unspecified atom stereocenters. The first-order valence-corrected chi connectivity index (χ1v) is 7.21. The Balaban J connectivity index is 2.06. The van der Waals surface area contributed by atoms with Crippen LogP contribution in [0.2, 0.25) is 0 Å². The van der Waals surface area contributed by atoms with Gasteiger partial charge >= 0.3 is 6.03 Å². The largest absolute Gasteiger partial charge is 0.337 e. The van der Waals surface area contributed by atoms with Crippen molar-refractivity contribution in [2.24, 2.45) is 0 Å². The molecule has 1 aromatic carbocycles.